The largest absolute Gasteiger partial charge is 0.481 e. The Bertz CT molecular complexity index is 351. The van der Waals surface area contributed by atoms with Gasteiger partial charge in [-0.05, 0) is 25.7 Å². The zero-order valence-electron chi connectivity index (χ0n) is 13.7. The lowest BCUT2D eigenvalue weighted by atomic mass is 9.79. The smallest absolute Gasteiger partial charge is 0.317 e. The van der Waals surface area contributed by atoms with Gasteiger partial charge in [0.05, 0.1) is 12.0 Å². The van der Waals surface area contributed by atoms with E-state index < -0.39 is 11.5 Å². The van der Waals surface area contributed by atoms with Crippen LogP contribution >= 0.6 is 0 Å². The van der Waals surface area contributed by atoms with E-state index in [9.17, 15) is 9.59 Å². The molecule has 2 amide bonds. The third-order valence-corrected chi connectivity index (χ3v) is 4.57. The first-order chi connectivity index (χ1) is 9.92. The second-order valence-corrected chi connectivity index (χ2v) is 6.39. The van der Waals surface area contributed by atoms with Crippen molar-refractivity contribution in [3.8, 4) is 0 Å². The third-order valence-electron chi connectivity index (χ3n) is 4.57. The highest BCUT2D eigenvalue weighted by Gasteiger charge is 2.36. The number of hydrogen-bond acceptors (Lipinski definition) is 2. The first kappa shape index (κ1) is 17.8. The number of nitrogens with one attached hydrogen (secondary N) is 1. The number of hydrogen-bond donors (Lipinski definition) is 2. The molecule has 1 unspecified atom stereocenters. The molecule has 21 heavy (non-hydrogen) atoms. The Morgan fingerprint density at radius 1 is 1.24 bits per heavy atom. The van der Waals surface area contributed by atoms with Crippen molar-refractivity contribution >= 4 is 12.0 Å². The minimum absolute atomic E-state index is 0.0274. The molecule has 0 aromatic carbocycles. The van der Waals surface area contributed by atoms with Crippen molar-refractivity contribution in [2.75, 3.05) is 13.1 Å². The van der Waals surface area contributed by atoms with Crippen LogP contribution in [0.25, 0.3) is 0 Å². The summed E-state index contributed by atoms with van der Waals surface area (Å²) >= 11 is 0. The van der Waals surface area contributed by atoms with Gasteiger partial charge in [-0.15, -0.1) is 0 Å². The van der Waals surface area contributed by atoms with Gasteiger partial charge in [-0.2, -0.15) is 0 Å². The Kier molecular flexibility index (Phi) is 6.99. The molecule has 1 aliphatic carbocycles. The molecule has 1 saturated carbocycles. The minimum atomic E-state index is -0.831. The molecule has 0 aromatic heterocycles. The Balaban J connectivity index is 2.71. The molecule has 0 spiro atoms. The number of nitrogens with zero attached hydrogens (tertiary/aromatic N) is 1. The number of carboxylic acids is 1. The second kappa shape index (κ2) is 8.25. The van der Waals surface area contributed by atoms with Gasteiger partial charge >= 0.3 is 12.0 Å². The molecule has 0 bridgehead atoms. The van der Waals surface area contributed by atoms with Gasteiger partial charge in [-0.1, -0.05) is 39.5 Å². The number of carbonyl (C=O) groups is 2. The normalized spacial score (nSPS) is 18.8. The van der Waals surface area contributed by atoms with Gasteiger partial charge < -0.3 is 15.3 Å². The first-order valence-electron chi connectivity index (χ1n) is 8.21. The summed E-state index contributed by atoms with van der Waals surface area (Å²) in [5, 5.41) is 12.2. The van der Waals surface area contributed by atoms with Gasteiger partial charge in [-0.3, -0.25) is 4.79 Å². The van der Waals surface area contributed by atoms with Gasteiger partial charge in [-0.25, -0.2) is 4.79 Å². The van der Waals surface area contributed by atoms with Crippen LogP contribution in [0.15, 0.2) is 0 Å². The predicted octanol–water partition coefficient (Wildman–Crippen LogP) is 3.24. The van der Waals surface area contributed by atoms with Crippen molar-refractivity contribution in [2.24, 2.45) is 5.92 Å². The molecule has 122 valence electrons. The molecule has 1 atom stereocenters. The highest BCUT2D eigenvalue weighted by molar-refractivity contribution is 5.77. The van der Waals surface area contributed by atoms with Crippen molar-refractivity contribution in [3.63, 3.8) is 0 Å². The Morgan fingerprint density at radius 2 is 1.86 bits per heavy atom. The fraction of sp³-hybridized carbons (Fsp3) is 0.875. The summed E-state index contributed by atoms with van der Waals surface area (Å²) in [6, 6.07) is -0.110. The first-order valence-corrected chi connectivity index (χ1v) is 8.21. The molecule has 1 aliphatic rings. The van der Waals surface area contributed by atoms with Crippen LogP contribution < -0.4 is 5.32 Å². The summed E-state index contributed by atoms with van der Waals surface area (Å²) < 4.78 is 0. The SMILES string of the molecule is CCC(C)CN(CC)C(=O)NC1(CC(=O)O)CCCCC1. The topological polar surface area (TPSA) is 69.6 Å². The van der Waals surface area contributed by atoms with E-state index in [0.29, 0.717) is 12.5 Å². The lowest BCUT2D eigenvalue weighted by molar-refractivity contribution is -0.139. The van der Waals surface area contributed by atoms with Crippen molar-refractivity contribution in [1.29, 1.82) is 0 Å². The predicted molar refractivity (Wildman–Crippen MR) is 83.3 cm³/mol. The Morgan fingerprint density at radius 3 is 2.33 bits per heavy atom. The van der Waals surface area contributed by atoms with Crippen molar-refractivity contribution in [2.45, 2.75) is 71.3 Å². The van der Waals surface area contributed by atoms with Crippen LogP contribution in [-0.4, -0.2) is 40.6 Å². The number of rotatable bonds is 7. The summed E-state index contributed by atoms with van der Waals surface area (Å²) in [5.74, 6) is -0.375. The molecule has 0 radical (unpaired) electrons. The quantitative estimate of drug-likeness (QED) is 0.758. The highest BCUT2D eigenvalue weighted by atomic mass is 16.4. The molecule has 1 rings (SSSR count). The van der Waals surface area contributed by atoms with E-state index in [1.54, 1.807) is 4.90 Å². The molecule has 0 aromatic rings. The van der Waals surface area contributed by atoms with Crippen molar-refractivity contribution in [1.82, 2.24) is 10.2 Å². The average Bonchev–Trinajstić information content (AvgIpc) is 2.44. The van der Waals surface area contributed by atoms with E-state index >= 15 is 0 Å². The maximum absolute atomic E-state index is 12.5. The average molecular weight is 298 g/mol. The minimum Gasteiger partial charge on any atom is -0.481 e. The zero-order chi connectivity index (χ0) is 15.9. The summed E-state index contributed by atoms with van der Waals surface area (Å²) in [4.78, 5) is 25.5. The van der Waals surface area contributed by atoms with Crippen LogP contribution in [0.5, 0.6) is 0 Å². The van der Waals surface area contributed by atoms with Gasteiger partial charge in [0.25, 0.3) is 0 Å². The molecule has 2 N–H and O–H groups in total. The monoisotopic (exact) mass is 298 g/mol. The van der Waals surface area contributed by atoms with Crippen LogP contribution in [0, 0.1) is 5.92 Å². The number of aliphatic carboxylic acids is 1. The molecular formula is C16H30N2O3. The maximum Gasteiger partial charge on any atom is 0.317 e. The zero-order valence-corrected chi connectivity index (χ0v) is 13.7. The van der Waals surface area contributed by atoms with Crippen LogP contribution in [0.1, 0.15) is 65.7 Å². The van der Waals surface area contributed by atoms with E-state index in [0.717, 1.165) is 45.1 Å². The summed E-state index contributed by atoms with van der Waals surface area (Å²) in [6.45, 7) is 7.58. The number of urea groups is 1. The van der Waals surface area contributed by atoms with Crippen LogP contribution in [-0.2, 0) is 4.79 Å². The summed E-state index contributed by atoms with van der Waals surface area (Å²) in [5.41, 5.74) is -0.552. The molecule has 0 heterocycles. The van der Waals surface area contributed by atoms with Gasteiger partial charge in [0.15, 0.2) is 0 Å². The van der Waals surface area contributed by atoms with E-state index in [2.05, 4.69) is 19.2 Å². The van der Waals surface area contributed by atoms with Crippen molar-refractivity contribution < 1.29 is 14.7 Å². The molecule has 5 heteroatoms. The fourth-order valence-electron chi connectivity index (χ4n) is 3.03. The Hall–Kier alpha value is -1.26. The standard InChI is InChI=1S/C16H30N2O3/c1-4-13(3)12-18(5-2)15(21)17-16(11-14(19)20)9-7-6-8-10-16/h13H,4-12H2,1-3H3,(H,17,21)(H,19,20). The molecule has 0 saturated heterocycles. The van der Waals surface area contributed by atoms with Crippen LogP contribution in [0.2, 0.25) is 0 Å². The highest BCUT2D eigenvalue weighted by Crippen LogP contribution is 2.31. The summed E-state index contributed by atoms with van der Waals surface area (Å²) in [6.07, 6.45) is 5.71. The van der Waals surface area contributed by atoms with Crippen LogP contribution in [0.3, 0.4) is 0 Å². The fourth-order valence-corrected chi connectivity index (χ4v) is 3.03. The molecule has 5 nitrogen and oxygen atoms in total. The second-order valence-electron chi connectivity index (χ2n) is 6.39. The van der Waals surface area contributed by atoms with E-state index in [4.69, 9.17) is 5.11 Å². The lowest BCUT2D eigenvalue weighted by Crippen LogP contribution is -2.55. The number of carboxylic acid groups (broad SMARTS) is 1. The third kappa shape index (κ3) is 5.56. The van der Waals surface area contributed by atoms with Crippen molar-refractivity contribution in [3.05, 3.63) is 0 Å². The molecule has 1 fully saturated rings. The molecular weight excluding hydrogens is 268 g/mol. The maximum atomic E-state index is 12.5. The molecule has 0 aliphatic heterocycles. The number of carbonyl (C=O) groups excluding carboxylic acids is 1. The van der Waals surface area contributed by atoms with Crippen LogP contribution in [0.4, 0.5) is 4.79 Å². The van der Waals surface area contributed by atoms with Gasteiger partial charge in [0.2, 0.25) is 0 Å². The number of amides is 2. The van der Waals surface area contributed by atoms with Gasteiger partial charge in [0, 0.05) is 13.1 Å². The lowest BCUT2D eigenvalue weighted by Gasteiger charge is -2.39. The summed E-state index contributed by atoms with van der Waals surface area (Å²) in [7, 11) is 0. The van der Waals surface area contributed by atoms with Gasteiger partial charge in [0.1, 0.15) is 0 Å². The van der Waals surface area contributed by atoms with E-state index in [-0.39, 0.29) is 12.5 Å². The van der Waals surface area contributed by atoms with E-state index in [1.807, 2.05) is 6.92 Å². The Labute approximate surface area is 128 Å². The van der Waals surface area contributed by atoms with E-state index in [1.165, 1.54) is 0 Å².